The maximum Gasteiger partial charge on any atom is 0.256 e. The summed E-state index contributed by atoms with van der Waals surface area (Å²) in [6.45, 7) is 0.673. The van der Waals surface area contributed by atoms with Crippen molar-refractivity contribution in [2.75, 3.05) is 11.6 Å². The molecule has 0 aliphatic carbocycles. The summed E-state index contributed by atoms with van der Waals surface area (Å²) >= 11 is 0. The van der Waals surface area contributed by atoms with Gasteiger partial charge in [-0.3, -0.25) is 9.48 Å². The summed E-state index contributed by atoms with van der Waals surface area (Å²) in [7, 11) is -3.36. The minimum Gasteiger partial charge on any atom is -0.322 e. The first-order valence-electron chi connectivity index (χ1n) is 9.67. The monoisotopic (exact) mass is 431 g/mol. The highest BCUT2D eigenvalue weighted by molar-refractivity contribution is 7.90. The van der Waals surface area contributed by atoms with Gasteiger partial charge in [-0.25, -0.2) is 8.42 Å². The number of nitrogens with zero attached hydrogens (tertiary/aromatic N) is 2. The van der Waals surface area contributed by atoms with Gasteiger partial charge in [0.05, 0.1) is 11.4 Å². The second-order valence-electron chi connectivity index (χ2n) is 7.20. The molecule has 0 fully saturated rings. The molecule has 0 radical (unpaired) electrons. The van der Waals surface area contributed by atoms with Crippen LogP contribution in [0.5, 0.6) is 0 Å². The van der Waals surface area contributed by atoms with Gasteiger partial charge in [-0.2, -0.15) is 5.10 Å². The van der Waals surface area contributed by atoms with Crippen LogP contribution in [0.4, 0.5) is 5.69 Å². The number of benzene rings is 3. The van der Waals surface area contributed by atoms with Crippen LogP contribution in [0.1, 0.15) is 15.9 Å². The first-order chi connectivity index (χ1) is 14.9. The van der Waals surface area contributed by atoms with Gasteiger partial charge < -0.3 is 5.32 Å². The van der Waals surface area contributed by atoms with E-state index in [-0.39, 0.29) is 10.8 Å². The molecule has 1 aromatic heterocycles. The van der Waals surface area contributed by atoms with Crippen molar-refractivity contribution in [3.05, 3.63) is 102 Å². The Bertz CT molecular complexity index is 1310. The van der Waals surface area contributed by atoms with Gasteiger partial charge in [0.25, 0.3) is 5.91 Å². The van der Waals surface area contributed by atoms with E-state index in [1.807, 2.05) is 53.3 Å². The van der Waals surface area contributed by atoms with Crippen LogP contribution in [0.15, 0.2) is 96.2 Å². The van der Waals surface area contributed by atoms with Gasteiger partial charge in [0.1, 0.15) is 0 Å². The third kappa shape index (κ3) is 4.90. The van der Waals surface area contributed by atoms with Crippen LogP contribution in [-0.2, 0) is 16.4 Å². The van der Waals surface area contributed by atoms with Crippen molar-refractivity contribution in [3.63, 3.8) is 0 Å². The fourth-order valence-electron chi connectivity index (χ4n) is 3.31. The Balaban J connectivity index is 1.58. The molecule has 3 aromatic carbocycles. The average molecular weight is 432 g/mol. The zero-order valence-electron chi connectivity index (χ0n) is 16.9. The Kier molecular flexibility index (Phi) is 5.68. The summed E-state index contributed by atoms with van der Waals surface area (Å²) in [6, 6.07) is 23.4. The topological polar surface area (TPSA) is 81.1 Å². The Hall–Kier alpha value is -3.71. The number of hydrogen-bond acceptors (Lipinski definition) is 4. The number of hydrogen-bond donors (Lipinski definition) is 1. The summed E-state index contributed by atoms with van der Waals surface area (Å²) < 4.78 is 25.4. The van der Waals surface area contributed by atoms with Gasteiger partial charge in [0.15, 0.2) is 9.84 Å². The van der Waals surface area contributed by atoms with Gasteiger partial charge >= 0.3 is 0 Å². The summed E-state index contributed by atoms with van der Waals surface area (Å²) in [5, 5.41) is 7.02. The number of carbonyl (C=O) groups excluding carboxylic acids is 1. The van der Waals surface area contributed by atoms with Crippen molar-refractivity contribution in [3.8, 4) is 11.1 Å². The molecule has 0 atom stereocenters. The van der Waals surface area contributed by atoms with Crippen molar-refractivity contribution < 1.29 is 13.2 Å². The molecule has 0 aliphatic rings. The molecular formula is C24H21N3O3S. The maximum atomic E-state index is 13.0. The fourth-order valence-corrected chi connectivity index (χ4v) is 3.97. The summed E-state index contributed by atoms with van der Waals surface area (Å²) in [5.74, 6) is -0.304. The standard InChI is InChI=1S/C24H21N3O3S/c1-31(29,30)21-7-4-6-20(16-21)26-24(28)23-9-3-2-8-22(23)19-12-10-18(11-13-19)17-27-15-5-14-25-27/h2-16H,17H2,1H3,(H,26,28). The lowest BCUT2D eigenvalue weighted by Gasteiger charge is -2.12. The van der Waals surface area contributed by atoms with E-state index in [2.05, 4.69) is 10.4 Å². The molecule has 31 heavy (non-hydrogen) atoms. The molecule has 4 rings (SSSR count). The lowest BCUT2D eigenvalue weighted by atomic mass is 9.98. The van der Waals surface area contributed by atoms with Gasteiger partial charge in [-0.1, -0.05) is 48.5 Å². The molecule has 0 aliphatic heterocycles. The van der Waals surface area contributed by atoms with Gasteiger partial charge in [-0.05, 0) is 47.0 Å². The predicted octanol–water partition coefficient (Wildman–Crippen LogP) is 4.25. The molecule has 0 spiro atoms. The second-order valence-corrected chi connectivity index (χ2v) is 9.22. The number of nitrogens with one attached hydrogen (secondary N) is 1. The maximum absolute atomic E-state index is 13.0. The lowest BCUT2D eigenvalue weighted by molar-refractivity contribution is 0.102. The molecule has 0 saturated carbocycles. The third-order valence-electron chi connectivity index (χ3n) is 4.86. The molecular weight excluding hydrogens is 410 g/mol. The lowest BCUT2D eigenvalue weighted by Crippen LogP contribution is -2.13. The van der Waals surface area contributed by atoms with Crippen molar-refractivity contribution in [2.45, 2.75) is 11.4 Å². The number of aromatic nitrogens is 2. The Morgan fingerprint density at radius 1 is 0.968 bits per heavy atom. The van der Waals surface area contributed by atoms with Crippen molar-refractivity contribution in [2.24, 2.45) is 0 Å². The number of amides is 1. The first-order valence-corrected chi connectivity index (χ1v) is 11.6. The van der Waals surface area contributed by atoms with E-state index in [9.17, 15) is 13.2 Å². The fraction of sp³-hybridized carbons (Fsp3) is 0.0833. The quantitative estimate of drug-likeness (QED) is 0.495. The van der Waals surface area contributed by atoms with Gasteiger partial charge in [0.2, 0.25) is 0 Å². The van der Waals surface area contributed by atoms with Crippen LogP contribution < -0.4 is 5.32 Å². The van der Waals surface area contributed by atoms with E-state index in [1.165, 1.54) is 12.1 Å². The molecule has 6 nitrogen and oxygen atoms in total. The summed E-state index contributed by atoms with van der Waals surface area (Å²) in [5.41, 5.74) is 3.75. The summed E-state index contributed by atoms with van der Waals surface area (Å²) in [4.78, 5) is 13.1. The van der Waals surface area contributed by atoms with Crippen LogP contribution >= 0.6 is 0 Å². The Labute approximate surface area is 181 Å². The predicted molar refractivity (Wildman–Crippen MR) is 121 cm³/mol. The summed E-state index contributed by atoms with van der Waals surface area (Å²) in [6.07, 6.45) is 4.79. The van der Waals surface area contributed by atoms with E-state index in [1.54, 1.807) is 30.5 Å². The zero-order chi connectivity index (χ0) is 21.8. The van der Waals surface area contributed by atoms with Crippen LogP contribution in [0.2, 0.25) is 0 Å². The largest absolute Gasteiger partial charge is 0.322 e. The van der Waals surface area contributed by atoms with Gasteiger partial charge in [0, 0.05) is 29.9 Å². The molecule has 7 heteroatoms. The molecule has 1 heterocycles. The normalized spacial score (nSPS) is 11.3. The zero-order valence-corrected chi connectivity index (χ0v) is 17.7. The molecule has 1 amide bonds. The van der Waals surface area contributed by atoms with E-state index in [0.717, 1.165) is 22.9 Å². The Morgan fingerprint density at radius 2 is 1.74 bits per heavy atom. The second kappa shape index (κ2) is 8.57. The first kappa shape index (κ1) is 20.6. The van der Waals surface area contributed by atoms with Crippen molar-refractivity contribution in [1.82, 2.24) is 9.78 Å². The molecule has 0 saturated heterocycles. The molecule has 0 unspecified atom stereocenters. The van der Waals surface area contributed by atoms with Crippen LogP contribution in [0.3, 0.4) is 0 Å². The number of rotatable bonds is 6. The van der Waals surface area contributed by atoms with Crippen LogP contribution in [0, 0.1) is 0 Å². The number of sulfone groups is 1. The van der Waals surface area contributed by atoms with Gasteiger partial charge in [-0.15, -0.1) is 0 Å². The smallest absolute Gasteiger partial charge is 0.256 e. The van der Waals surface area contributed by atoms with E-state index >= 15 is 0 Å². The van der Waals surface area contributed by atoms with Crippen molar-refractivity contribution >= 4 is 21.4 Å². The molecule has 4 aromatic rings. The molecule has 156 valence electrons. The minimum absolute atomic E-state index is 0.159. The van der Waals surface area contributed by atoms with Crippen molar-refractivity contribution in [1.29, 1.82) is 0 Å². The number of anilines is 1. The van der Waals surface area contributed by atoms with Crippen LogP contribution in [-0.4, -0.2) is 30.4 Å². The van der Waals surface area contributed by atoms with Crippen LogP contribution in [0.25, 0.3) is 11.1 Å². The van der Waals surface area contributed by atoms with E-state index in [4.69, 9.17) is 0 Å². The highest BCUT2D eigenvalue weighted by Gasteiger charge is 2.14. The van der Waals surface area contributed by atoms with E-state index < -0.39 is 9.84 Å². The highest BCUT2D eigenvalue weighted by Crippen LogP contribution is 2.25. The minimum atomic E-state index is -3.36. The van der Waals surface area contributed by atoms with E-state index in [0.29, 0.717) is 17.8 Å². The number of carbonyl (C=O) groups is 1. The average Bonchev–Trinajstić information content (AvgIpc) is 3.27. The SMILES string of the molecule is CS(=O)(=O)c1cccc(NC(=O)c2ccccc2-c2ccc(Cn3cccn3)cc2)c1. The molecule has 1 N–H and O–H groups in total. The molecule has 0 bridgehead atoms. The highest BCUT2D eigenvalue weighted by atomic mass is 32.2. The third-order valence-corrected chi connectivity index (χ3v) is 5.97. The Morgan fingerprint density at radius 3 is 2.45 bits per heavy atom.